The Kier molecular flexibility index (Phi) is 12.0. The van der Waals surface area contributed by atoms with E-state index < -0.39 is 0 Å². The first kappa shape index (κ1) is 45.0. The van der Waals surface area contributed by atoms with Gasteiger partial charge >= 0.3 is 0 Å². The van der Waals surface area contributed by atoms with Crippen molar-refractivity contribution in [2.75, 3.05) is 9.80 Å². The minimum atomic E-state index is -0.111. The van der Waals surface area contributed by atoms with E-state index in [1.807, 2.05) is 0 Å². The average molecular weight is 929 g/mol. The fourth-order valence-electron chi connectivity index (χ4n) is 11.9. The minimum Gasteiger partial charge on any atom is -0.310 e. The molecule has 72 heavy (non-hydrogen) atoms. The normalized spacial score (nSPS) is 13.8. The quantitative estimate of drug-likeness (QED) is 0.128. The van der Waals surface area contributed by atoms with Gasteiger partial charge < -0.3 is 9.80 Å². The van der Waals surface area contributed by atoms with Gasteiger partial charge in [0.05, 0.1) is 0 Å². The van der Waals surface area contributed by atoms with Crippen LogP contribution in [0, 0.1) is 6.92 Å². The van der Waals surface area contributed by atoms with Crippen LogP contribution in [0.3, 0.4) is 0 Å². The van der Waals surface area contributed by atoms with Crippen LogP contribution in [0.1, 0.15) is 74.1 Å². The number of aryl methyl sites for hydroxylation is 1. The first-order chi connectivity index (χ1) is 35.4. The van der Waals surface area contributed by atoms with Crippen molar-refractivity contribution in [3.05, 3.63) is 265 Å². The number of anilines is 6. The topological polar surface area (TPSA) is 6.48 Å². The first-order valence-corrected chi connectivity index (χ1v) is 25.9. The van der Waals surface area contributed by atoms with Crippen molar-refractivity contribution < 1.29 is 0 Å². The Morgan fingerprint density at radius 3 is 1.35 bits per heavy atom. The summed E-state index contributed by atoms with van der Waals surface area (Å²) in [5.74, 6) is 0.573. The van der Waals surface area contributed by atoms with E-state index in [0.717, 1.165) is 22.7 Å². The van der Waals surface area contributed by atoms with Crippen LogP contribution in [0.25, 0.3) is 55.6 Å². The zero-order chi connectivity index (χ0) is 48.6. The lowest BCUT2D eigenvalue weighted by molar-refractivity contribution is 0.444. The minimum absolute atomic E-state index is 0.111. The van der Waals surface area contributed by atoms with Gasteiger partial charge in [-0.2, -0.15) is 0 Å². The molecular weight excluding hydrogens is 869 g/mol. The molecule has 0 bridgehead atoms. The van der Waals surface area contributed by atoms with Crippen LogP contribution in [-0.2, 0) is 5.41 Å². The summed E-state index contributed by atoms with van der Waals surface area (Å²) in [5, 5.41) is 0. The van der Waals surface area contributed by atoms with Crippen LogP contribution in [0.5, 0.6) is 0 Å². The van der Waals surface area contributed by atoms with E-state index in [1.165, 1.54) is 121 Å². The maximum absolute atomic E-state index is 2.47. The third-order valence-electron chi connectivity index (χ3n) is 15.6. The molecule has 0 radical (unpaired) electrons. The molecule has 1 saturated carbocycles. The van der Waals surface area contributed by atoms with Gasteiger partial charge in [0.2, 0.25) is 0 Å². The van der Waals surface area contributed by atoms with E-state index in [9.17, 15) is 0 Å². The predicted octanol–water partition coefficient (Wildman–Crippen LogP) is 20.0. The molecule has 2 nitrogen and oxygen atoms in total. The highest BCUT2D eigenvalue weighted by Crippen LogP contribution is 2.52. The van der Waals surface area contributed by atoms with E-state index in [1.54, 1.807) is 0 Å². The summed E-state index contributed by atoms with van der Waals surface area (Å²) in [6.07, 6.45) is 6.44. The Morgan fingerprint density at radius 2 is 0.792 bits per heavy atom. The Labute approximate surface area is 426 Å². The van der Waals surface area contributed by atoms with Crippen LogP contribution >= 0.6 is 0 Å². The molecule has 12 rings (SSSR count). The fourth-order valence-corrected chi connectivity index (χ4v) is 11.9. The molecule has 0 unspecified atom stereocenters. The number of nitrogens with zero attached hydrogens (tertiary/aromatic N) is 2. The van der Waals surface area contributed by atoms with Crippen LogP contribution in [0.4, 0.5) is 34.1 Å². The van der Waals surface area contributed by atoms with Gasteiger partial charge in [-0.25, -0.2) is 0 Å². The molecule has 0 spiro atoms. The smallest absolute Gasteiger partial charge is 0.0496 e. The van der Waals surface area contributed by atoms with Gasteiger partial charge in [-0.3, -0.25) is 0 Å². The molecule has 0 saturated heterocycles. The Bertz CT molecular complexity index is 3500. The lowest BCUT2D eigenvalue weighted by atomic mass is 9.82. The fraction of sp³-hybridized carbons (Fsp3) is 0.143. The second-order valence-electron chi connectivity index (χ2n) is 20.4. The second kappa shape index (κ2) is 19.2. The molecule has 10 aromatic rings. The third kappa shape index (κ3) is 8.31. The van der Waals surface area contributed by atoms with Gasteiger partial charge in [-0.15, -0.1) is 0 Å². The van der Waals surface area contributed by atoms with Crippen LogP contribution < -0.4 is 9.80 Å². The maximum Gasteiger partial charge on any atom is 0.0496 e. The second-order valence-corrected chi connectivity index (χ2v) is 20.4. The van der Waals surface area contributed by atoms with Crippen LogP contribution in [-0.4, -0.2) is 0 Å². The molecule has 0 N–H and O–H groups in total. The number of hydrogen-bond donors (Lipinski definition) is 0. The first-order valence-electron chi connectivity index (χ1n) is 25.9. The van der Waals surface area contributed by atoms with Gasteiger partial charge in [-0.05, 0) is 182 Å². The maximum atomic E-state index is 2.47. The van der Waals surface area contributed by atoms with Crippen molar-refractivity contribution >= 4 is 34.1 Å². The molecule has 0 aromatic heterocycles. The molecule has 0 aliphatic heterocycles. The zero-order valence-electron chi connectivity index (χ0n) is 41.6. The SMILES string of the molecule is Cc1cccc2c1-c1ccc(N(c3ccccc3)c3ccc(-c4cc(-c5ccccc5)c(-c5ccc(N(c6ccccc6)c6ccccc6C6CCCCC6)cc5)cc4-c4ccccc4)cc3)cc1C2(C)C. The van der Waals surface area contributed by atoms with Crippen LogP contribution in [0.2, 0.25) is 0 Å². The van der Waals surface area contributed by atoms with E-state index in [0.29, 0.717) is 5.92 Å². The average Bonchev–Trinajstić information content (AvgIpc) is 3.68. The summed E-state index contributed by atoms with van der Waals surface area (Å²) in [4.78, 5) is 4.88. The highest BCUT2D eigenvalue weighted by molar-refractivity contribution is 5.96. The standard InChI is InChI=1S/C70H60N2/c1-49-22-21-34-66-69(49)61-45-44-59(46-67(61)70(66,2)3)71(55-29-15-7-16-30-55)57-40-36-53(37-41-57)64-47-63(52-27-13-6-14-28-52)65(48-62(64)51-25-11-5-12-26-51)54-38-42-58(43-39-54)72(56-31-17-8-18-32-56)68-35-20-19-33-60(68)50-23-9-4-10-24-50/h5-8,11-22,25-48,50H,4,9-10,23-24H2,1-3H3. The van der Waals surface area contributed by atoms with E-state index in [2.05, 4.69) is 273 Å². The van der Waals surface area contributed by atoms with Crippen molar-refractivity contribution in [1.82, 2.24) is 0 Å². The Morgan fingerprint density at radius 1 is 0.347 bits per heavy atom. The summed E-state index contributed by atoms with van der Waals surface area (Å²) in [5.41, 5.74) is 24.7. The van der Waals surface area contributed by atoms with E-state index >= 15 is 0 Å². The summed E-state index contributed by atoms with van der Waals surface area (Å²) in [6.45, 7) is 6.98. The number of fused-ring (bicyclic) bond motifs is 3. The van der Waals surface area contributed by atoms with Gasteiger partial charge in [0.25, 0.3) is 0 Å². The monoisotopic (exact) mass is 928 g/mol. The molecule has 0 amide bonds. The molecule has 350 valence electrons. The number of benzene rings is 10. The van der Waals surface area contributed by atoms with E-state index in [-0.39, 0.29) is 5.41 Å². The molecule has 0 heterocycles. The number of para-hydroxylation sites is 3. The summed E-state index contributed by atoms with van der Waals surface area (Å²) in [6, 6.07) is 89.9. The molecule has 2 heteroatoms. The van der Waals surface area contributed by atoms with Gasteiger partial charge in [0, 0.05) is 39.5 Å². The van der Waals surface area contributed by atoms with Crippen LogP contribution in [0.15, 0.2) is 243 Å². The van der Waals surface area contributed by atoms with Crippen molar-refractivity contribution in [2.45, 2.75) is 64.2 Å². The molecule has 1 fully saturated rings. The Balaban J connectivity index is 0.964. The van der Waals surface area contributed by atoms with Crippen molar-refractivity contribution in [3.63, 3.8) is 0 Å². The van der Waals surface area contributed by atoms with E-state index in [4.69, 9.17) is 0 Å². The molecule has 2 aliphatic carbocycles. The highest BCUT2D eigenvalue weighted by atomic mass is 15.1. The molecule has 10 aromatic carbocycles. The highest BCUT2D eigenvalue weighted by Gasteiger charge is 2.37. The lowest BCUT2D eigenvalue weighted by Gasteiger charge is -2.31. The molecular formula is C70H60N2. The lowest BCUT2D eigenvalue weighted by Crippen LogP contribution is -2.16. The zero-order valence-corrected chi connectivity index (χ0v) is 41.6. The number of hydrogen-bond acceptors (Lipinski definition) is 2. The van der Waals surface area contributed by atoms with Gasteiger partial charge in [0.15, 0.2) is 0 Å². The van der Waals surface area contributed by atoms with Crippen molar-refractivity contribution in [3.8, 4) is 55.6 Å². The van der Waals surface area contributed by atoms with Gasteiger partial charge in [-0.1, -0.05) is 197 Å². The molecule has 0 atom stereocenters. The van der Waals surface area contributed by atoms with Gasteiger partial charge in [0.1, 0.15) is 0 Å². The van der Waals surface area contributed by atoms with Crippen molar-refractivity contribution in [1.29, 1.82) is 0 Å². The summed E-state index contributed by atoms with van der Waals surface area (Å²) >= 11 is 0. The largest absolute Gasteiger partial charge is 0.310 e. The predicted molar refractivity (Wildman–Crippen MR) is 306 cm³/mol. The number of rotatable bonds is 11. The molecule has 2 aliphatic rings. The summed E-state index contributed by atoms with van der Waals surface area (Å²) in [7, 11) is 0. The third-order valence-corrected chi connectivity index (χ3v) is 15.6. The summed E-state index contributed by atoms with van der Waals surface area (Å²) < 4.78 is 0. The Hall–Kier alpha value is -8.20. The van der Waals surface area contributed by atoms with Crippen molar-refractivity contribution in [2.24, 2.45) is 0 Å².